The molecule has 10 aromatic rings. The second-order valence-corrected chi connectivity index (χ2v) is 15.0. The maximum absolute atomic E-state index is 2.40. The minimum absolute atomic E-state index is 1.10. The molecule has 0 aliphatic carbocycles. The largest absolute Gasteiger partial charge is 0.309 e. The van der Waals surface area contributed by atoms with Crippen molar-refractivity contribution in [3.63, 3.8) is 0 Å². The summed E-state index contributed by atoms with van der Waals surface area (Å²) in [5.74, 6) is 0. The molecule has 0 spiro atoms. The zero-order valence-electron chi connectivity index (χ0n) is 32.1. The monoisotopic (exact) mass is 755 g/mol. The molecule has 3 heterocycles. The topological polar surface area (TPSA) is 17.9 Å². The van der Waals surface area contributed by atoms with Crippen molar-refractivity contribution in [3.05, 3.63) is 224 Å². The molecule has 2 aliphatic heterocycles. The number of para-hydroxylation sites is 11. The smallest absolute Gasteiger partial charge is 0.0703 e. The van der Waals surface area contributed by atoms with Crippen molar-refractivity contribution in [2.45, 2.75) is 0 Å². The van der Waals surface area contributed by atoms with E-state index in [1.54, 1.807) is 0 Å². The molecule has 12 rings (SSSR count). The van der Waals surface area contributed by atoms with Crippen LogP contribution in [-0.4, -0.2) is 4.57 Å². The second kappa shape index (κ2) is 13.3. The molecule has 278 valence electrons. The predicted octanol–water partition coefficient (Wildman–Crippen LogP) is 15.3. The Hall–Kier alpha value is -8.02. The van der Waals surface area contributed by atoms with Crippen molar-refractivity contribution in [2.24, 2.45) is 0 Å². The number of aromatic nitrogens is 1. The number of nitrogens with zero attached hydrogens (tertiary/aromatic N) is 5. The van der Waals surface area contributed by atoms with E-state index in [-0.39, 0.29) is 0 Å². The summed E-state index contributed by atoms with van der Waals surface area (Å²) in [4.78, 5) is 9.54. The lowest BCUT2D eigenvalue weighted by Gasteiger charge is -2.41. The average molecular weight is 756 g/mol. The highest BCUT2D eigenvalue weighted by molar-refractivity contribution is 6.09. The molecule has 0 saturated heterocycles. The number of anilines is 12. The fourth-order valence-corrected chi connectivity index (χ4v) is 9.28. The van der Waals surface area contributed by atoms with Gasteiger partial charge in [0, 0.05) is 39.2 Å². The number of hydrogen-bond acceptors (Lipinski definition) is 4. The first-order valence-electron chi connectivity index (χ1n) is 20.1. The molecule has 2 aliphatic rings. The number of fused-ring (bicyclic) bond motifs is 7. The summed E-state index contributed by atoms with van der Waals surface area (Å²) >= 11 is 0. The zero-order chi connectivity index (χ0) is 38.9. The summed E-state index contributed by atoms with van der Waals surface area (Å²) in [5, 5.41) is 2.53. The van der Waals surface area contributed by atoms with Gasteiger partial charge in [-0.2, -0.15) is 0 Å². The Labute approximate surface area is 343 Å². The van der Waals surface area contributed by atoms with Crippen LogP contribution in [0.5, 0.6) is 0 Å². The highest BCUT2D eigenvalue weighted by Crippen LogP contribution is 2.56. The molecule has 5 nitrogen and oxygen atoms in total. The van der Waals surface area contributed by atoms with E-state index in [4.69, 9.17) is 0 Å². The molecule has 1 aromatic heterocycles. The van der Waals surface area contributed by atoms with Crippen molar-refractivity contribution in [1.82, 2.24) is 4.57 Å². The van der Waals surface area contributed by atoms with Crippen LogP contribution in [0.4, 0.5) is 68.2 Å². The van der Waals surface area contributed by atoms with E-state index in [0.717, 1.165) is 73.9 Å². The SMILES string of the molecule is c1ccc(N2c3ccccc3N(c3ccc(N4c5ccccc5N(c5ccc(-n6c7ccccc7c7ccccc76)cc5)c5ccccc54)cc3)c3ccccc32)cc1. The van der Waals surface area contributed by atoms with Gasteiger partial charge < -0.3 is 24.2 Å². The van der Waals surface area contributed by atoms with Crippen LogP contribution in [0.25, 0.3) is 27.5 Å². The molecule has 0 amide bonds. The first-order chi connectivity index (χ1) is 29.3. The molecule has 0 fully saturated rings. The van der Waals surface area contributed by atoms with Crippen LogP contribution in [0.2, 0.25) is 0 Å². The highest BCUT2D eigenvalue weighted by atomic mass is 15.3. The normalized spacial score (nSPS) is 12.9. The van der Waals surface area contributed by atoms with E-state index in [0.29, 0.717) is 0 Å². The second-order valence-electron chi connectivity index (χ2n) is 15.0. The molecule has 9 aromatic carbocycles. The fraction of sp³-hybridized carbons (Fsp3) is 0. The summed E-state index contributed by atoms with van der Waals surface area (Å²) in [7, 11) is 0. The molecular formula is C54H37N5. The summed E-state index contributed by atoms with van der Waals surface area (Å²) in [6.07, 6.45) is 0. The van der Waals surface area contributed by atoms with Crippen molar-refractivity contribution in [2.75, 3.05) is 19.6 Å². The Morgan fingerprint density at radius 2 is 0.424 bits per heavy atom. The van der Waals surface area contributed by atoms with E-state index in [9.17, 15) is 0 Å². The van der Waals surface area contributed by atoms with Crippen molar-refractivity contribution in [1.29, 1.82) is 0 Å². The molecule has 0 unspecified atom stereocenters. The van der Waals surface area contributed by atoms with Crippen LogP contribution in [0.15, 0.2) is 224 Å². The van der Waals surface area contributed by atoms with Gasteiger partial charge in [0.25, 0.3) is 0 Å². The van der Waals surface area contributed by atoms with E-state index in [1.165, 1.54) is 21.8 Å². The Morgan fingerprint density at radius 3 is 0.746 bits per heavy atom. The Balaban J connectivity index is 0.932. The lowest BCUT2D eigenvalue weighted by Crippen LogP contribution is -2.24. The summed E-state index contributed by atoms with van der Waals surface area (Å²) < 4.78 is 2.37. The standard InChI is InChI=1S/C54H37N5/c1-2-16-38(17-3-1)56-47-22-8-10-24-49(47)57(50-25-11-9-23-48(50)56)41-34-36-42(37-35-41)59-53-28-14-12-26-51(53)58(52-27-13-15-29-54(52)59)40-32-30-39(31-33-40)55-45-20-6-4-18-43(45)44-19-5-7-21-46(44)55/h1-37H. The summed E-state index contributed by atoms with van der Waals surface area (Å²) in [5.41, 5.74) is 17.0. The van der Waals surface area contributed by atoms with Gasteiger partial charge in [0.2, 0.25) is 0 Å². The van der Waals surface area contributed by atoms with E-state index >= 15 is 0 Å². The van der Waals surface area contributed by atoms with E-state index < -0.39 is 0 Å². The molecule has 0 N–H and O–H groups in total. The van der Waals surface area contributed by atoms with Gasteiger partial charge in [0.15, 0.2) is 0 Å². The Kier molecular flexibility index (Phi) is 7.47. The molecule has 59 heavy (non-hydrogen) atoms. The molecule has 0 atom stereocenters. The zero-order valence-corrected chi connectivity index (χ0v) is 32.1. The first kappa shape index (κ1) is 33.2. The maximum Gasteiger partial charge on any atom is 0.0703 e. The van der Waals surface area contributed by atoms with Crippen LogP contribution < -0.4 is 19.6 Å². The summed E-state index contributed by atoms with van der Waals surface area (Å²) in [6, 6.07) is 80.8. The van der Waals surface area contributed by atoms with Crippen molar-refractivity contribution >= 4 is 90.1 Å². The number of hydrogen-bond donors (Lipinski definition) is 0. The van der Waals surface area contributed by atoms with E-state index in [2.05, 4.69) is 249 Å². The minimum atomic E-state index is 1.10. The van der Waals surface area contributed by atoms with Crippen LogP contribution in [0.3, 0.4) is 0 Å². The Bertz CT molecular complexity index is 3040. The van der Waals surface area contributed by atoms with Gasteiger partial charge >= 0.3 is 0 Å². The Morgan fingerprint density at radius 1 is 0.186 bits per heavy atom. The third-order valence-corrected chi connectivity index (χ3v) is 11.8. The van der Waals surface area contributed by atoms with Crippen LogP contribution in [0, 0.1) is 0 Å². The first-order valence-corrected chi connectivity index (χ1v) is 20.1. The van der Waals surface area contributed by atoms with Gasteiger partial charge in [0.1, 0.15) is 0 Å². The van der Waals surface area contributed by atoms with Crippen LogP contribution in [0.1, 0.15) is 0 Å². The lowest BCUT2D eigenvalue weighted by atomic mass is 10.0. The number of benzene rings is 9. The van der Waals surface area contributed by atoms with Crippen molar-refractivity contribution in [3.8, 4) is 5.69 Å². The van der Waals surface area contributed by atoms with Gasteiger partial charge in [-0.15, -0.1) is 0 Å². The van der Waals surface area contributed by atoms with Crippen molar-refractivity contribution < 1.29 is 0 Å². The van der Waals surface area contributed by atoms with Crippen LogP contribution >= 0.6 is 0 Å². The summed E-state index contributed by atoms with van der Waals surface area (Å²) in [6.45, 7) is 0. The lowest BCUT2D eigenvalue weighted by molar-refractivity contribution is 1.15. The molecule has 0 bridgehead atoms. The molecule has 5 heteroatoms. The molecule has 0 radical (unpaired) electrons. The van der Waals surface area contributed by atoms with Gasteiger partial charge in [-0.05, 0) is 121 Å². The van der Waals surface area contributed by atoms with Gasteiger partial charge in [0.05, 0.1) is 56.5 Å². The van der Waals surface area contributed by atoms with Gasteiger partial charge in [-0.1, -0.05) is 103 Å². The minimum Gasteiger partial charge on any atom is -0.309 e. The molecule has 0 saturated carbocycles. The maximum atomic E-state index is 2.40. The number of rotatable bonds is 5. The highest BCUT2D eigenvalue weighted by Gasteiger charge is 2.32. The van der Waals surface area contributed by atoms with Gasteiger partial charge in [-0.3, -0.25) is 0 Å². The third-order valence-electron chi connectivity index (χ3n) is 11.8. The van der Waals surface area contributed by atoms with E-state index in [1.807, 2.05) is 0 Å². The predicted molar refractivity (Wildman–Crippen MR) is 247 cm³/mol. The van der Waals surface area contributed by atoms with Crippen LogP contribution in [-0.2, 0) is 0 Å². The molecular weight excluding hydrogens is 719 g/mol. The van der Waals surface area contributed by atoms with Gasteiger partial charge in [-0.25, -0.2) is 0 Å². The average Bonchev–Trinajstić information content (AvgIpc) is 3.65. The third kappa shape index (κ3) is 5.12. The fourth-order valence-electron chi connectivity index (χ4n) is 9.28. The quantitative estimate of drug-likeness (QED) is 0.174.